The van der Waals surface area contributed by atoms with E-state index in [0.29, 0.717) is 25.6 Å². The molecule has 4 nitrogen and oxygen atoms in total. The summed E-state index contributed by atoms with van der Waals surface area (Å²) in [5.74, 6) is 0. The van der Waals surface area contributed by atoms with E-state index in [2.05, 4.69) is 5.32 Å². The van der Waals surface area contributed by atoms with E-state index < -0.39 is 5.60 Å². The molecule has 1 unspecified atom stereocenters. The molecule has 1 aliphatic rings. The molecule has 1 saturated heterocycles. The van der Waals surface area contributed by atoms with Gasteiger partial charge in [0.2, 0.25) is 0 Å². The second-order valence-corrected chi connectivity index (χ2v) is 4.51. The van der Waals surface area contributed by atoms with Crippen molar-refractivity contribution in [2.75, 3.05) is 33.5 Å². The van der Waals surface area contributed by atoms with E-state index in [0.717, 1.165) is 26.1 Å². The summed E-state index contributed by atoms with van der Waals surface area (Å²) in [5.41, 5.74) is -0.672. The number of ether oxygens (including phenoxy) is 2. The number of hydrogen-bond donors (Lipinski definition) is 2. The summed E-state index contributed by atoms with van der Waals surface area (Å²) in [6.45, 7) is 4.73. The Bertz CT molecular complexity index is 167. The number of aliphatic hydroxyl groups is 1. The molecule has 0 saturated carbocycles. The predicted molar refractivity (Wildman–Crippen MR) is 59.0 cm³/mol. The van der Waals surface area contributed by atoms with Crippen LogP contribution in [0.4, 0.5) is 0 Å². The topological polar surface area (TPSA) is 50.7 Å². The third kappa shape index (κ3) is 5.47. The highest BCUT2D eigenvalue weighted by Gasteiger charge is 2.22. The Labute approximate surface area is 92.0 Å². The van der Waals surface area contributed by atoms with Crippen LogP contribution in [0, 0.1) is 0 Å². The zero-order valence-corrected chi connectivity index (χ0v) is 9.79. The highest BCUT2D eigenvalue weighted by molar-refractivity contribution is 4.79. The van der Waals surface area contributed by atoms with Gasteiger partial charge in [-0.3, -0.25) is 0 Å². The smallest absolute Gasteiger partial charge is 0.0765 e. The first-order chi connectivity index (χ1) is 7.14. The molecule has 0 aromatic rings. The van der Waals surface area contributed by atoms with Crippen LogP contribution in [-0.4, -0.2) is 50.2 Å². The highest BCUT2D eigenvalue weighted by atomic mass is 16.5. The lowest BCUT2D eigenvalue weighted by Crippen LogP contribution is -2.45. The molecule has 1 fully saturated rings. The standard InChI is InChI=1S/C11H23NO3/c1-11(13,5-8-14-2)9-12-10-3-6-15-7-4-10/h10,12-13H,3-9H2,1-2H3. The van der Waals surface area contributed by atoms with Gasteiger partial charge in [0.05, 0.1) is 5.60 Å². The Kier molecular flexibility index (Phi) is 5.53. The molecule has 0 aromatic carbocycles. The minimum absolute atomic E-state index is 0.493. The summed E-state index contributed by atoms with van der Waals surface area (Å²) in [5, 5.41) is 13.4. The molecule has 1 rings (SSSR count). The Hall–Kier alpha value is -0.160. The van der Waals surface area contributed by atoms with Crippen molar-refractivity contribution in [3.8, 4) is 0 Å². The fraction of sp³-hybridized carbons (Fsp3) is 1.00. The minimum Gasteiger partial charge on any atom is -0.389 e. The molecule has 15 heavy (non-hydrogen) atoms. The van der Waals surface area contributed by atoms with Crippen molar-refractivity contribution in [3.63, 3.8) is 0 Å². The lowest BCUT2D eigenvalue weighted by atomic mass is 10.0. The molecule has 4 heteroatoms. The third-order valence-corrected chi connectivity index (χ3v) is 2.84. The average molecular weight is 217 g/mol. The average Bonchev–Trinajstić information content (AvgIpc) is 2.25. The summed E-state index contributed by atoms with van der Waals surface area (Å²) < 4.78 is 10.2. The Morgan fingerprint density at radius 2 is 2.13 bits per heavy atom. The van der Waals surface area contributed by atoms with Gasteiger partial charge in [0.1, 0.15) is 0 Å². The molecule has 0 bridgehead atoms. The molecule has 0 amide bonds. The first-order valence-electron chi connectivity index (χ1n) is 5.66. The van der Waals surface area contributed by atoms with E-state index in [-0.39, 0.29) is 0 Å². The molecule has 0 aromatic heterocycles. The van der Waals surface area contributed by atoms with Crippen LogP contribution in [0.1, 0.15) is 26.2 Å². The van der Waals surface area contributed by atoms with Gasteiger partial charge in [0.15, 0.2) is 0 Å². The molecule has 1 heterocycles. The van der Waals surface area contributed by atoms with Crippen LogP contribution in [0.5, 0.6) is 0 Å². The van der Waals surface area contributed by atoms with E-state index in [4.69, 9.17) is 9.47 Å². The number of rotatable bonds is 6. The van der Waals surface area contributed by atoms with Gasteiger partial charge >= 0.3 is 0 Å². The van der Waals surface area contributed by atoms with Crippen LogP contribution >= 0.6 is 0 Å². The molecule has 0 radical (unpaired) electrons. The van der Waals surface area contributed by atoms with Crippen molar-refractivity contribution >= 4 is 0 Å². The van der Waals surface area contributed by atoms with Crippen LogP contribution < -0.4 is 5.32 Å². The van der Waals surface area contributed by atoms with Gasteiger partial charge in [-0.2, -0.15) is 0 Å². The fourth-order valence-electron chi connectivity index (χ4n) is 1.68. The monoisotopic (exact) mass is 217 g/mol. The van der Waals surface area contributed by atoms with Crippen molar-refractivity contribution in [1.82, 2.24) is 5.32 Å². The van der Waals surface area contributed by atoms with Gasteiger partial charge in [0, 0.05) is 45.9 Å². The maximum atomic E-state index is 10.0. The van der Waals surface area contributed by atoms with Crippen LogP contribution in [-0.2, 0) is 9.47 Å². The van der Waals surface area contributed by atoms with Gasteiger partial charge in [-0.25, -0.2) is 0 Å². The van der Waals surface area contributed by atoms with Crippen molar-refractivity contribution in [2.45, 2.75) is 37.8 Å². The second-order valence-electron chi connectivity index (χ2n) is 4.51. The van der Waals surface area contributed by atoms with E-state index >= 15 is 0 Å². The van der Waals surface area contributed by atoms with Gasteiger partial charge < -0.3 is 19.9 Å². The SMILES string of the molecule is COCCC(C)(O)CNC1CCOCC1. The summed E-state index contributed by atoms with van der Waals surface area (Å²) in [6, 6.07) is 0.493. The van der Waals surface area contributed by atoms with Gasteiger partial charge in [-0.15, -0.1) is 0 Å². The normalized spacial score (nSPS) is 22.6. The summed E-state index contributed by atoms with van der Waals surface area (Å²) >= 11 is 0. The van der Waals surface area contributed by atoms with Crippen LogP contribution in [0.3, 0.4) is 0 Å². The minimum atomic E-state index is -0.672. The molecule has 90 valence electrons. The first kappa shape index (κ1) is 12.9. The van der Waals surface area contributed by atoms with Gasteiger partial charge in [0.25, 0.3) is 0 Å². The maximum Gasteiger partial charge on any atom is 0.0765 e. The van der Waals surface area contributed by atoms with E-state index in [1.54, 1.807) is 7.11 Å². The Balaban J connectivity index is 2.15. The zero-order chi connectivity index (χ0) is 11.1. The van der Waals surface area contributed by atoms with Crippen molar-refractivity contribution in [2.24, 2.45) is 0 Å². The maximum absolute atomic E-state index is 10.0. The lowest BCUT2D eigenvalue weighted by molar-refractivity contribution is 0.0155. The number of methoxy groups -OCH3 is 1. The second kappa shape index (κ2) is 6.43. The molecule has 1 aliphatic heterocycles. The van der Waals surface area contributed by atoms with Crippen molar-refractivity contribution in [1.29, 1.82) is 0 Å². The molecule has 0 aliphatic carbocycles. The third-order valence-electron chi connectivity index (χ3n) is 2.84. The predicted octanol–water partition coefficient (Wildman–Crippen LogP) is 0.542. The van der Waals surface area contributed by atoms with Gasteiger partial charge in [-0.1, -0.05) is 0 Å². The van der Waals surface area contributed by atoms with E-state index in [1.807, 2.05) is 6.92 Å². The van der Waals surface area contributed by atoms with Crippen LogP contribution in [0.2, 0.25) is 0 Å². The molecular weight excluding hydrogens is 194 g/mol. The quantitative estimate of drug-likeness (QED) is 0.682. The first-order valence-corrected chi connectivity index (χ1v) is 5.66. The number of hydrogen-bond acceptors (Lipinski definition) is 4. The summed E-state index contributed by atoms with van der Waals surface area (Å²) in [4.78, 5) is 0. The Morgan fingerprint density at radius 3 is 2.73 bits per heavy atom. The molecule has 0 spiro atoms. The zero-order valence-electron chi connectivity index (χ0n) is 9.79. The lowest BCUT2D eigenvalue weighted by Gasteiger charge is -2.29. The van der Waals surface area contributed by atoms with Crippen LogP contribution in [0.15, 0.2) is 0 Å². The van der Waals surface area contributed by atoms with E-state index in [1.165, 1.54) is 0 Å². The summed E-state index contributed by atoms with van der Waals surface area (Å²) in [7, 11) is 1.65. The van der Waals surface area contributed by atoms with Crippen LogP contribution in [0.25, 0.3) is 0 Å². The number of nitrogens with one attached hydrogen (secondary N) is 1. The van der Waals surface area contributed by atoms with E-state index in [9.17, 15) is 5.11 Å². The molecule has 1 atom stereocenters. The molecular formula is C11H23NO3. The highest BCUT2D eigenvalue weighted by Crippen LogP contribution is 2.11. The largest absolute Gasteiger partial charge is 0.389 e. The van der Waals surface area contributed by atoms with Crippen molar-refractivity contribution in [3.05, 3.63) is 0 Å². The van der Waals surface area contributed by atoms with Crippen molar-refractivity contribution < 1.29 is 14.6 Å². The summed E-state index contributed by atoms with van der Waals surface area (Å²) in [6.07, 6.45) is 2.75. The van der Waals surface area contributed by atoms with Gasteiger partial charge in [-0.05, 0) is 19.8 Å². The molecule has 2 N–H and O–H groups in total. The Morgan fingerprint density at radius 1 is 1.47 bits per heavy atom. The fourth-order valence-corrected chi connectivity index (χ4v) is 1.68.